The predicted molar refractivity (Wildman–Crippen MR) is 132 cm³/mol. The Hall–Kier alpha value is -3.13. The SMILES string of the molecule is COc1ccccc1[C@@H]1C2=C(CC(C)(C)CC2=O)N=C(C)C1C(=O)Nc1cc(C(F)(F)F)ccc1Cl. The number of carbonyl (C=O) groups is 2. The molecule has 2 atom stereocenters. The number of ether oxygens (including phenoxy) is 1. The second-order valence-corrected chi connectivity index (χ2v) is 10.3. The summed E-state index contributed by atoms with van der Waals surface area (Å²) in [7, 11) is 1.50. The van der Waals surface area contributed by atoms with Crippen LogP contribution in [0.25, 0.3) is 0 Å². The van der Waals surface area contributed by atoms with Crippen molar-refractivity contribution in [2.24, 2.45) is 16.3 Å². The van der Waals surface area contributed by atoms with Crippen LogP contribution in [-0.2, 0) is 15.8 Å². The molecule has 5 nitrogen and oxygen atoms in total. The number of para-hydroxylation sites is 1. The fourth-order valence-electron chi connectivity index (χ4n) is 5.05. The molecule has 0 fully saturated rings. The summed E-state index contributed by atoms with van der Waals surface area (Å²) >= 11 is 6.14. The van der Waals surface area contributed by atoms with Crippen molar-refractivity contribution in [1.29, 1.82) is 0 Å². The summed E-state index contributed by atoms with van der Waals surface area (Å²) in [4.78, 5) is 31.8. The first-order chi connectivity index (χ1) is 16.8. The minimum Gasteiger partial charge on any atom is -0.496 e. The number of halogens is 4. The number of amides is 1. The highest BCUT2D eigenvalue weighted by Crippen LogP contribution is 2.49. The summed E-state index contributed by atoms with van der Waals surface area (Å²) in [5.74, 6) is -1.91. The van der Waals surface area contributed by atoms with E-state index in [2.05, 4.69) is 10.3 Å². The van der Waals surface area contributed by atoms with Gasteiger partial charge in [0.25, 0.3) is 0 Å². The summed E-state index contributed by atoms with van der Waals surface area (Å²) in [6, 6.07) is 9.84. The summed E-state index contributed by atoms with van der Waals surface area (Å²) < 4.78 is 45.4. The molecule has 1 aliphatic carbocycles. The molecule has 2 aliphatic rings. The van der Waals surface area contributed by atoms with Crippen LogP contribution in [0, 0.1) is 11.3 Å². The van der Waals surface area contributed by atoms with Crippen LogP contribution in [0.4, 0.5) is 18.9 Å². The molecule has 0 saturated carbocycles. The number of aliphatic imine (C=N–C) groups is 1. The standard InChI is InChI=1S/C27H26ClF3N2O3/c1-14-22(25(35)33-18-11-15(27(29,30)31)9-10-17(18)28)23(16-7-5-6-8-21(16)36-4)24-19(32-14)12-26(2,3)13-20(24)34/h5-11,22-23H,12-13H2,1-4H3,(H,33,35)/t22?,23-/m0/s1. The molecule has 1 amide bonds. The van der Waals surface area contributed by atoms with Crippen molar-refractivity contribution in [1.82, 2.24) is 0 Å². The van der Waals surface area contributed by atoms with Crippen LogP contribution in [0.5, 0.6) is 5.75 Å². The highest BCUT2D eigenvalue weighted by molar-refractivity contribution is 6.34. The summed E-state index contributed by atoms with van der Waals surface area (Å²) in [5.41, 5.74) is 0.767. The van der Waals surface area contributed by atoms with Gasteiger partial charge < -0.3 is 10.1 Å². The van der Waals surface area contributed by atoms with Gasteiger partial charge in [-0.2, -0.15) is 13.2 Å². The third-order valence-electron chi connectivity index (χ3n) is 6.61. The molecule has 36 heavy (non-hydrogen) atoms. The van der Waals surface area contributed by atoms with Crippen molar-refractivity contribution in [3.8, 4) is 5.75 Å². The number of rotatable bonds is 4. The van der Waals surface area contributed by atoms with E-state index in [9.17, 15) is 22.8 Å². The first-order valence-electron chi connectivity index (χ1n) is 11.4. The predicted octanol–water partition coefficient (Wildman–Crippen LogP) is 6.82. The Morgan fingerprint density at radius 2 is 1.86 bits per heavy atom. The Morgan fingerprint density at radius 3 is 2.53 bits per heavy atom. The lowest BCUT2D eigenvalue weighted by atomic mass is 9.66. The molecule has 0 saturated heterocycles. The van der Waals surface area contributed by atoms with E-state index in [1.54, 1.807) is 31.2 Å². The van der Waals surface area contributed by atoms with E-state index in [-0.39, 0.29) is 21.9 Å². The first kappa shape index (κ1) is 25.9. The largest absolute Gasteiger partial charge is 0.496 e. The van der Waals surface area contributed by atoms with Crippen molar-refractivity contribution in [2.45, 2.75) is 45.7 Å². The smallest absolute Gasteiger partial charge is 0.416 e. The number of nitrogens with zero attached hydrogens (tertiary/aromatic N) is 1. The Morgan fingerprint density at radius 1 is 1.17 bits per heavy atom. The van der Waals surface area contributed by atoms with E-state index >= 15 is 0 Å². The number of allylic oxidation sites excluding steroid dienone is 2. The van der Waals surface area contributed by atoms with E-state index in [0.29, 0.717) is 41.1 Å². The number of hydrogen-bond acceptors (Lipinski definition) is 4. The molecule has 9 heteroatoms. The number of hydrogen-bond donors (Lipinski definition) is 1. The normalized spacial score (nSPS) is 21.6. The van der Waals surface area contributed by atoms with E-state index < -0.39 is 29.5 Å². The average Bonchev–Trinajstić information content (AvgIpc) is 2.77. The third kappa shape index (κ3) is 4.91. The van der Waals surface area contributed by atoms with Crippen molar-refractivity contribution in [3.63, 3.8) is 0 Å². The number of carbonyl (C=O) groups excluding carboxylic acids is 2. The van der Waals surface area contributed by atoms with Gasteiger partial charge in [-0.3, -0.25) is 14.6 Å². The van der Waals surface area contributed by atoms with Gasteiger partial charge in [0, 0.05) is 34.9 Å². The second kappa shape index (κ2) is 9.39. The maximum absolute atomic E-state index is 13.7. The Kier molecular flexibility index (Phi) is 6.77. The molecular weight excluding hydrogens is 493 g/mol. The Balaban J connectivity index is 1.82. The molecule has 0 radical (unpaired) electrons. The molecule has 1 heterocycles. The van der Waals surface area contributed by atoms with Crippen LogP contribution < -0.4 is 10.1 Å². The summed E-state index contributed by atoms with van der Waals surface area (Å²) in [6.45, 7) is 5.68. The third-order valence-corrected chi connectivity index (χ3v) is 6.94. The first-order valence-corrected chi connectivity index (χ1v) is 11.8. The molecule has 2 aromatic rings. The zero-order valence-electron chi connectivity index (χ0n) is 20.3. The maximum Gasteiger partial charge on any atom is 0.416 e. The number of benzene rings is 2. The number of anilines is 1. The number of alkyl halides is 3. The van der Waals surface area contributed by atoms with Crippen LogP contribution in [0.3, 0.4) is 0 Å². The maximum atomic E-state index is 13.7. The van der Waals surface area contributed by atoms with Gasteiger partial charge in [0.15, 0.2) is 5.78 Å². The molecule has 190 valence electrons. The molecule has 0 spiro atoms. The monoisotopic (exact) mass is 518 g/mol. The van der Waals surface area contributed by atoms with Crippen LogP contribution >= 0.6 is 11.6 Å². The molecule has 1 N–H and O–H groups in total. The minimum absolute atomic E-state index is 0.0361. The lowest BCUT2D eigenvalue weighted by Crippen LogP contribution is -2.41. The fourth-order valence-corrected chi connectivity index (χ4v) is 5.22. The number of nitrogens with one attached hydrogen (secondary N) is 1. The van der Waals surface area contributed by atoms with Gasteiger partial charge in [0.2, 0.25) is 5.91 Å². The average molecular weight is 519 g/mol. The van der Waals surface area contributed by atoms with Gasteiger partial charge >= 0.3 is 6.18 Å². The molecule has 0 aromatic heterocycles. The van der Waals surface area contributed by atoms with E-state index in [1.807, 2.05) is 13.8 Å². The molecule has 2 aromatic carbocycles. The zero-order valence-corrected chi connectivity index (χ0v) is 21.1. The van der Waals surface area contributed by atoms with E-state index in [4.69, 9.17) is 16.3 Å². The van der Waals surface area contributed by atoms with Crippen LogP contribution in [0.15, 0.2) is 58.7 Å². The molecule has 1 unspecified atom stereocenters. The lowest BCUT2D eigenvalue weighted by molar-refractivity contribution is -0.137. The van der Waals surface area contributed by atoms with Crippen molar-refractivity contribution in [2.75, 3.05) is 12.4 Å². The topological polar surface area (TPSA) is 67.8 Å². The van der Waals surface area contributed by atoms with Crippen LogP contribution in [0.1, 0.15) is 50.7 Å². The number of methoxy groups -OCH3 is 1. The highest BCUT2D eigenvalue weighted by Gasteiger charge is 2.46. The minimum atomic E-state index is -4.60. The van der Waals surface area contributed by atoms with Gasteiger partial charge in [0.1, 0.15) is 5.75 Å². The Labute approximate surface area is 212 Å². The van der Waals surface area contributed by atoms with Gasteiger partial charge in [-0.1, -0.05) is 43.6 Å². The molecule has 1 aliphatic heterocycles. The second-order valence-electron chi connectivity index (χ2n) is 9.93. The van der Waals surface area contributed by atoms with Gasteiger partial charge in [-0.05, 0) is 43.0 Å². The van der Waals surface area contributed by atoms with E-state index in [1.165, 1.54) is 7.11 Å². The van der Waals surface area contributed by atoms with Crippen molar-refractivity contribution in [3.05, 3.63) is 69.9 Å². The van der Waals surface area contributed by atoms with Crippen molar-refractivity contribution >= 4 is 34.7 Å². The van der Waals surface area contributed by atoms with Gasteiger partial charge in [-0.15, -0.1) is 0 Å². The molecule has 0 bridgehead atoms. The van der Waals surface area contributed by atoms with E-state index in [0.717, 1.165) is 18.2 Å². The number of ketones is 1. The number of Topliss-reactive ketones (excluding diaryl/α,β-unsaturated/α-hetero) is 1. The highest BCUT2D eigenvalue weighted by atomic mass is 35.5. The van der Waals surface area contributed by atoms with Gasteiger partial charge in [-0.25, -0.2) is 0 Å². The van der Waals surface area contributed by atoms with Crippen LogP contribution in [0.2, 0.25) is 5.02 Å². The van der Waals surface area contributed by atoms with Crippen LogP contribution in [-0.4, -0.2) is 24.5 Å². The zero-order chi connectivity index (χ0) is 26.4. The molecular formula is C27H26ClF3N2O3. The van der Waals surface area contributed by atoms with Gasteiger partial charge in [0.05, 0.1) is 29.3 Å². The molecule has 4 rings (SSSR count). The summed E-state index contributed by atoms with van der Waals surface area (Å²) in [5, 5.41) is 2.52. The fraction of sp³-hybridized carbons (Fsp3) is 0.370. The Bertz CT molecular complexity index is 1300. The quantitative estimate of drug-likeness (QED) is 0.482. The lowest BCUT2D eigenvalue weighted by Gasteiger charge is -2.39. The van der Waals surface area contributed by atoms with Crippen molar-refractivity contribution < 1.29 is 27.5 Å². The summed E-state index contributed by atoms with van der Waals surface area (Å²) in [6.07, 6.45) is -3.75.